The van der Waals surface area contributed by atoms with Crippen molar-refractivity contribution in [3.8, 4) is 0 Å². The fraction of sp³-hybridized carbons (Fsp3) is 0.550. The van der Waals surface area contributed by atoms with Crippen LogP contribution in [0.5, 0.6) is 0 Å². The second kappa shape index (κ2) is 8.30. The van der Waals surface area contributed by atoms with Crippen molar-refractivity contribution in [2.24, 2.45) is 0 Å². The number of nitrogens with zero attached hydrogens (tertiary/aromatic N) is 2. The molecule has 0 unspecified atom stereocenters. The normalized spacial score (nSPS) is 12.8. The molecule has 0 radical (unpaired) electrons. The van der Waals surface area contributed by atoms with Crippen LogP contribution in [-0.4, -0.2) is 35.6 Å². The van der Waals surface area contributed by atoms with Gasteiger partial charge in [0.1, 0.15) is 0 Å². The highest BCUT2D eigenvalue weighted by Gasteiger charge is 2.08. The van der Waals surface area contributed by atoms with Gasteiger partial charge in [0, 0.05) is 23.3 Å². The molecular formula is C20H31N3. The van der Waals surface area contributed by atoms with E-state index in [0.29, 0.717) is 6.04 Å². The Morgan fingerprint density at radius 2 is 1.83 bits per heavy atom. The van der Waals surface area contributed by atoms with Gasteiger partial charge < -0.3 is 10.2 Å². The molecule has 1 N–H and O–H groups in total. The lowest BCUT2D eigenvalue weighted by atomic mass is 10.0. The van der Waals surface area contributed by atoms with Gasteiger partial charge in [0.25, 0.3) is 0 Å². The summed E-state index contributed by atoms with van der Waals surface area (Å²) in [4.78, 5) is 7.00. The van der Waals surface area contributed by atoms with Crippen molar-refractivity contribution in [3.05, 3.63) is 35.5 Å². The maximum absolute atomic E-state index is 4.51. The molecule has 126 valence electrons. The molecule has 0 saturated heterocycles. The Hall–Kier alpha value is -1.61. The summed E-state index contributed by atoms with van der Waals surface area (Å²) in [6.45, 7) is 14.5. The second-order valence-electron chi connectivity index (χ2n) is 6.53. The zero-order valence-corrected chi connectivity index (χ0v) is 15.3. The zero-order chi connectivity index (χ0) is 16.8. The van der Waals surface area contributed by atoms with Crippen molar-refractivity contribution >= 4 is 16.6 Å². The van der Waals surface area contributed by atoms with Crippen LogP contribution in [0.4, 0.5) is 5.69 Å². The van der Waals surface area contributed by atoms with Gasteiger partial charge in [-0.2, -0.15) is 0 Å². The maximum atomic E-state index is 4.51. The average molecular weight is 313 g/mol. The van der Waals surface area contributed by atoms with Crippen molar-refractivity contribution in [1.82, 2.24) is 9.88 Å². The molecule has 1 aromatic heterocycles. The molecule has 23 heavy (non-hydrogen) atoms. The topological polar surface area (TPSA) is 28.2 Å². The summed E-state index contributed by atoms with van der Waals surface area (Å²) >= 11 is 0. The highest BCUT2D eigenvalue weighted by atomic mass is 15.1. The molecule has 2 rings (SSSR count). The van der Waals surface area contributed by atoms with Crippen molar-refractivity contribution in [2.45, 2.75) is 53.5 Å². The fourth-order valence-electron chi connectivity index (χ4n) is 3.03. The van der Waals surface area contributed by atoms with Crippen LogP contribution in [0, 0.1) is 13.8 Å². The molecule has 0 bridgehead atoms. The van der Waals surface area contributed by atoms with E-state index in [-0.39, 0.29) is 0 Å². The highest BCUT2D eigenvalue weighted by Crippen LogP contribution is 2.25. The summed E-state index contributed by atoms with van der Waals surface area (Å²) in [6, 6.07) is 7.00. The van der Waals surface area contributed by atoms with Crippen molar-refractivity contribution < 1.29 is 0 Å². The van der Waals surface area contributed by atoms with Crippen LogP contribution in [0.15, 0.2) is 24.4 Å². The Kier molecular flexibility index (Phi) is 6.40. The minimum atomic E-state index is 0.470. The Morgan fingerprint density at radius 1 is 1.13 bits per heavy atom. The van der Waals surface area contributed by atoms with Gasteiger partial charge >= 0.3 is 0 Å². The number of benzene rings is 1. The van der Waals surface area contributed by atoms with Gasteiger partial charge in [0.15, 0.2) is 0 Å². The summed E-state index contributed by atoms with van der Waals surface area (Å²) < 4.78 is 0. The third-order valence-corrected chi connectivity index (χ3v) is 4.76. The van der Waals surface area contributed by atoms with Gasteiger partial charge in [0.05, 0.1) is 5.52 Å². The Bertz CT molecular complexity index is 632. The number of fused-ring (bicyclic) bond motifs is 1. The number of nitrogens with one attached hydrogen (secondary N) is 1. The van der Waals surface area contributed by atoms with E-state index in [0.717, 1.165) is 18.6 Å². The maximum Gasteiger partial charge on any atom is 0.0725 e. The molecule has 3 nitrogen and oxygen atoms in total. The van der Waals surface area contributed by atoms with E-state index in [4.69, 9.17) is 0 Å². The number of rotatable bonds is 8. The number of aryl methyl sites for hydroxylation is 2. The summed E-state index contributed by atoms with van der Waals surface area (Å²) in [5.74, 6) is 0. The Morgan fingerprint density at radius 3 is 2.52 bits per heavy atom. The van der Waals surface area contributed by atoms with E-state index in [9.17, 15) is 0 Å². The zero-order valence-electron chi connectivity index (χ0n) is 15.3. The molecule has 1 aromatic carbocycles. The smallest absolute Gasteiger partial charge is 0.0725 e. The van der Waals surface area contributed by atoms with Crippen LogP contribution in [0.25, 0.3) is 10.9 Å². The van der Waals surface area contributed by atoms with Crippen LogP contribution < -0.4 is 5.32 Å². The molecule has 1 heterocycles. The van der Waals surface area contributed by atoms with E-state index in [1.54, 1.807) is 0 Å². The van der Waals surface area contributed by atoms with Crippen LogP contribution in [0.3, 0.4) is 0 Å². The molecule has 0 fully saturated rings. The van der Waals surface area contributed by atoms with Gasteiger partial charge in [-0.3, -0.25) is 4.98 Å². The van der Waals surface area contributed by atoms with Crippen LogP contribution in [-0.2, 0) is 0 Å². The van der Waals surface area contributed by atoms with Gasteiger partial charge in [0.2, 0.25) is 0 Å². The molecule has 0 spiro atoms. The lowest BCUT2D eigenvalue weighted by Gasteiger charge is -2.21. The number of hydrogen-bond acceptors (Lipinski definition) is 3. The van der Waals surface area contributed by atoms with Crippen molar-refractivity contribution in [2.75, 3.05) is 25.0 Å². The SMILES string of the molecule is CCN(CC)CCC[C@H](C)Nc1ccnc2cc(C)c(C)cc12. The summed E-state index contributed by atoms with van der Waals surface area (Å²) in [5.41, 5.74) is 4.90. The third-order valence-electron chi connectivity index (χ3n) is 4.76. The minimum absolute atomic E-state index is 0.470. The Labute approximate surface area is 141 Å². The van der Waals surface area contributed by atoms with Gasteiger partial charge in [-0.1, -0.05) is 13.8 Å². The molecular weight excluding hydrogens is 282 g/mol. The van der Waals surface area contributed by atoms with Crippen LogP contribution in [0.2, 0.25) is 0 Å². The molecule has 0 aliphatic carbocycles. The molecule has 1 atom stereocenters. The monoisotopic (exact) mass is 313 g/mol. The molecule has 0 amide bonds. The van der Waals surface area contributed by atoms with E-state index in [1.165, 1.54) is 41.6 Å². The lowest BCUT2D eigenvalue weighted by molar-refractivity contribution is 0.295. The lowest BCUT2D eigenvalue weighted by Crippen LogP contribution is -2.25. The van der Waals surface area contributed by atoms with E-state index in [1.807, 2.05) is 6.20 Å². The minimum Gasteiger partial charge on any atom is -0.382 e. The average Bonchev–Trinajstić information content (AvgIpc) is 2.53. The predicted molar refractivity (Wildman–Crippen MR) is 101 cm³/mol. The molecule has 0 aliphatic rings. The van der Waals surface area contributed by atoms with E-state index in [2.05, 4.69) is 68.0 Å². The first-order valence-electron chi connectivity index (χ1n) is 8.90. The molecule has 3 heteroatoms. The van der Waals surface area contributed by atoms with Crippen LogP contribution in [0.1, 0.15) is 44.7 Å². The first-order valence-corrected chi connectivity index (χ1v) is 8.90. The number of aromatic nitrogens is 1. The number of hydrogen-bond donors (Lipinski definition) is 1. The standard InChI is InChI=1S/C20H31N3/c1-6-23(7-2)12-8-9-17(5)22-19-10-11-21-20-14-16(4)15(3)13-18(19)20/h10-11,13-14,17H,6-9,12H2,1-5H3,(H,21,22)/t17-/m0/s1. The van der Waals surface area contributed by atoms with E-state index < -0.39 is 0 Å². The van der Waals surface area contributed by atoms with Gasteiger partial charge in [-0.15, -0.1) is 0 Å². The largest absolute Gasteiger partial charge is 0.382 e. The molecule has 0 saturated carbocycles. The van der Waals surface area contributed by atoms with Crippen molar-refractivity contribution in [3.63, 3.8) is 0 Å². The quantitative estimate of drug-likeness (QED) is 0.760. The van der Waals surface area contributed by atoms with Crippen LogP contribution >= 0.6 is 0 Å². The summed E-state index contributed by atoms with van der Waals surface area (Å²) in [7, 11) is 0. The Balaban J connectivity index is 2.02. The second-order valence-corrected chi connectivity index (χ2v) is 6.53. The van der Waals surface area contributed by atoms with E-state index >= 15 is 0 Å². The summed E-state index contributed by atoms with van der Waals surface area (Å²) in [5, 5.41) is 4.91. The predicted octanol–water partition coefficient (Wildman–Crippen LogP) is 4.77. The third kappa shape index (κ3) is 4.68. The fourth-order valence-corrected chi connectivity index (χ4v) is 3.03. The molecule has 2 aromatic rings. The molecule has 0 aliphatic heterocycles. The number of pyridine rings is 1. The summed E-state index contributed by atoms with van der Waals surface area (Å²) in [6.07, 6.45) is 4.32. The first kappa shape index (κ1) is 17.7. The van der Waals surface area contributed by atoms with Crippen molar-refractivity contribution in [1.29, 1.82) is 0 Å². The van der Waals surface area contributed by atoms with Gasteiger partial charge in [-0.25, -0.2) is 0 Å². The first-order chi connectivity index (χ1) is 11.0. The number of anilines is 1. The highest BCUT2D eigenvalue weighted by molar-refractivity contribution is 5.92. The van der Waals surface area contributed by atoms with Gasteiger partial charge in [-0.05, 0) is 82.6 Å².